The monoisotopic (exact) mass is 489 g/mol. The molecule has 3 heterocycles. The SMILES string of the molecule is CC1CN(C=O)CC(C)N1.COCC1CC2c3cc(OC)c(OC)cc3CCN2CC1CC(C)C. The van der Waals surface area contributed by atoms with E-state index in [1.807, 2.05) is 12.0 Å². The minimum Gasteiger partial charge on any atom is -0.493 e. The van der Waals surface area contributed by atoms with Gasteiger partial charge in [0.05, 0.1) is 14.2 Å². The summed E-state index contributed by atoms with van der Waals surface area (Å²) in [4.78, 5) is 14.8. The second-order valence-electron chi connectivity index (χ2n) is 11.0. The fourth-order valence-corrected chi connectivity index (χ4v) is 6.25. The van der Waals surface area contributed by atoms with Crippen LogP contribution in [0.15, 0.2) is 12.1 Å². The lowest BCUT2D eigenvalue weighted by Crippen LogP contribution is -2.53. The third-order valence-corrected chi connectivity index (χ3v) is 7.66. The van der Waals surface area contributed by atoms with Crippen LogP contribution in [0, 0.1) is 17.8 Å². The molecule has 4 rings (SSSR count). The molecular formula is C28H47N3O4. The highest BCUT2D eigenvalue weighted by molar-refractivity contribution is 5.49. The van der Waals surface area contributed by atoms with Crippen molar-refractivity contribution in [1.29, 1.82) is 0 Å². The average molecular weight is 490 g/mol. The number of piperidine rings is 1. The molecule has 2 fully saturated rings. The molecule has 0 bridgehead atoms. The van der Waals surface area contributed by atoms with Crippen molar-refractivity contribution >= 4 is 6.41 Å². The van der Waals surface area contributed by atoms with Crippen LogP contribution in [0.4, 0.5) is 0 Å². The third kappa shape index (κ3) is 7.11. The molecule has 1 aromatic rings. The number of nitrogens with zero attached hydrogens (tertiary/aromatic N) is 2. The quantitative estimate of drug-likeness (QED) is 0.589. The summed E-state index contributed by atoms with van der Waals surface area (Å²) in [6.07, 6.45) is 4.48. The molecule has 5 atom stereocenters. The summed E-state index contributed by atoms with van der Waals surface area (Å²) < 4.78 is 16.6. The predicted molar refractivity (Wildman–Crippen MR) is 140 cm³/mol. The van der Waals surface area contributed by atoms with Gasteiger partial charge in [-0.15, -0.1) is 0 Å². The van der Waals surface area contributed by atoms with Crippen molar-refractivity contribution < 1.29 is 19.0 Å². The first-order chi connectivity index (χ1) is 16.8. The van der Waals surface area contributed by atoms with Crippen molar-refractivity contribution in [2.45, 2.75) is 65.1 Å². The molecule has 5 unspecified atom stereocenters. The predicted octanol–water partition coefficient (Wildman–Crippen LogP) is 3.76. The number of methoxy groups -OCH3 is 3. The van der Waals surface area contributed by atoms with Gasteiger partial charge in [0.25, 0.3) is 0 Å². The Morgan fingerprint density at radius 1 is 1.03 bits per heavy atom. The van der Waals surface area contributed by atoms with Crippen LogP contribution in [0.3, 0.4) is 0 Å². The van der Waals surface area contributed by atoms with Crippen LogP contribution in [0.5, 0.6) is 11.5 Å². The van der Waals surface area contributed by atoms with Crippen LogP contribution >= 0.6 is 0 Å². The Labute approximate surface area is 212 Å². The molecule has 7 heteroatoms. The topological polar surface area (TPSA) is 63.3 Å². The lowest BCUT2D eigenvalue weighted by atomic mass is 9.74. The number of amides is 1. The maximum absolute atomic E-state index is 10.3. The van der Waals surface area contributed by atoms with Crippen LogP contribution in [0.25, 0.3) is 0 Å². The molecule has 1 aromatic carbocycles. The highest BCUT2D eigenvalue weighted by Crippen LogP contribution is 2.45. The molecule has 0 saturated carbocycles. The summed E-state index contributed by atoms with van der Waals surface area (Å²) in [5.74, 6) is 3.79. The number of carbonyl (C=O) groups excluding carboxylic acids is 1. The molecule has 35 heavy (non-hydrogen) atoms. The lowest BCUT2D eigenvalue weighted by molar-refractivity contribution is -0.119. The molecule has 198 valence electrons. The van der Waals surface area contributed by atoms with Crippen molar-refractivity contribution in [2.24, 2.45) is 17.8 Å². The second-order valence-corrected chi connectivity index (χ2v) is 11.0. The average Bonchev–Trinajstić information content (AvgIpc) is 2.83. The molecule has 0 spiro atoms. The Hall–Kier alpha value is -1.83. The molecule has 2 saturated heterocycles. The molecular weight excluding hydrogens is 442 g/mol. The van der Waals surface area contributed by atoms with Crippen LogP contribution in [0.2, 0.25) is 0 Å². The Morgan fingerprint density at radius 3 is 2.26 bits per heavy atom. The van der Waals surface area contributed by atoms with Gasteiger partial charge in [-0.05, 0) is 74.1 Å². The number of piperazine rings is 1. The highest BCUT2D eigenvalue weighted by atomic mass is 16.5. The number of hydrogen-bond donors (Lipinski definition) is 1. The van der Waals surface area contributed by atoms with Crippen molar-refractivity contribution in [2.75, 3.05) is 54.1 Å². The van der Waals surface area contributed by atoms with E-state index in [9.17, 15) is 4.79 Å². The van der Waals surface area contributed by atoms with Gasteiger partial charge in [0.1, 0.15) is 0 Å². The smallest absolute Gasteiger partial charge is 0.209 e. The van der Waals surface area contributed by atoms with Gasteiger partial charge < -0.3 is 24.4 Å². The number of hydrogen-bond acceptors (Lipinski definition) is 6. The van der Waals surface area contributed by atoms with Gasteiger partial charge >= 0.3 is 0 Å². The van der Waals surface area contributed by atoms with E-state index in [0.717, 1.165) is 62.4 Å². The minimum absolute atomic E-state index is 0.439. The van der Waals surface area contributed by atoms with Crippen molar-refractivity contribution in [1.82, 2.24) is 15.1 Å². The fraction of sp³-hybridized carbons (Fsp3) is 0.750. The van der Waals surface area contributed by atoms with Gasteiger partial charge in [-0.2, -0.15) is 0 Å². The van der Waals surface area contributed by atoms with Crippen molar-refractivity contribution in [3.63, 3.8) is 0 Å². The molecule has 0 aliphatic carbocycles. The highest BCUT2D eigenvalue weighted by Gasteiger charge is 2.39. The van der Waals surface area contributed by atoms with Gasteiger partial charge in [0, 0.05) is 58.0 Å². The summed E-state index contributed by atoms with van der Waals surface area (Å²) in [5.41, 5.74) is 2.84. The van der Waals surface area contributed by atoms with E-state index in [1.54, 1.807) is 14.2 Å². The fourth-order valence-electron chi connectivity index (χ4n) is 6.25. The number of rotatable bonds is 7. The second kappa shape index (κ2) is 12.9. The molecule has 3 aliphatic rings. The lowest BCUT2D eigenvalue weighted by Gasteiger charge is -2.47. The molecule has 0 radical (unpaired) electrons. The number of fused-ring (bicyclic) bond motifs is 3. The first-order valence-corrected chi connectivity index (χ1v) is 13.2. The summed E-state index contributed by atoms with van der Waals surface area (Å²) in [6.45, 7) is 13.7. The molecule has 7 nitrogen and oxygen atoms in total. The van der Waals surface area contributed by atoms with E-state index in [1.165, 1.54) is 30.5 Å². The zero-order chi connectivity index (χ0) is 25.5. The Balaban J connectivity index is 0.000000287. The Morgan fingerprint density at radius 2 is 1.69 bits per heavy atom. The van der Waals surface area contributed by atoms with Crippen LogP contribution in [0.1, 0.15) is 57.7 Å². The molecule has 1 N–H and O–H groups in total. The summed E-state index contributed by atoms with van der Waals surface area (Å²) in [6, 6.07) is 5.74. The summed E-state index contributed by atoms with van der Waals surface area (Å²) in [7, 11) is 5.27. The Kier molecular flexibility index (Phi) is 10.3. The minimum atomic E-state index is 0.439. The first kappa shape index (κ1) is 27.8. The van der Waals surface area contributed by atoms with Crippen molar-refractivity contribution in [3.05, 3.63) is 23.3 Å². The molecule has 3 aliphatic heterocycles. The van der Waals surface area contributed by atoms with Gasteiger partial charge in [0.15, 0.2) is 11.5 Å². The number of nitrogens with one attached hydrogen (secondary N) is 1. The first-order valence-electron chi connectivity index (χ1n) is 13.2. The summed E-state index contributed by atoms with van der Waals surface area (Å²) >= 11 is 0. The van der Waals surface area contributed by atoms with E-state index in [2.05, 4.69) is 50.0 Å². The summed E-state index contributed by atoms with van der Waals surface area (Å²) in [5, 5.41) is 3.34. The Bertz CT molecular complexity index is 808. The third-order valence-electron chi connectivity index (χ3n) is 7.66. The van der Waals surface area contributed by atoms with E-state index in [-0.39, 0.29) is 0 Å². The maximum Gasteiger partial charge on any atom is 0.209 e. The van der Waals surface area contributed by atoms with Gasteiger partial charge in [0.2, 0.25) is 6.41 Å². The van der Waals surface area contributed by atoms with Crippen molar-refractivity contribution in [3.8, 4) is 11.5 Å². The van der Waals surface area contributed by atoms with E-state index >= 15 is 0 Å². The zero-order valence-electron chi connectivity index (χ0n) is 22.9. The number of ether oxygens (including phenoxy) is 3. The largest absolute Gasteiger partial charge is 0.493 e. The number of benzene rings is 1. The van der Waals surface area contributed by atoms with Crippen LogP contribution in [-0.4, -0.2) is 82.4 Å². The van der Waals surface area contributed by atoms with Gasteiger partial charge in [-0.25, -0.2) is 0 Å². The zero-order valence-corrected chi connectivity index (χ0v) is 22.9. The van der Waals surface area contributed by atoms with E-state index in [0.29, 0.717) is 24.0 Å². The molecule has 1 amide bonds. The van der Waals surface area contributed by atoms with Crippen LogP contribution < -0.4 is 14.8 Å². The van der Waals surface area contributed by atoms with Gasteiger partial charge in [-0.3, -0.25) is 9.69 Å². The van der Waals surface area contributed by atoms with E-state index < -0.39 is 0 Å². The standard InChI is InChI=1S/C21H33NO3.C7H14N2O/c1-14(2)8-16-12-22-7-6-15-10-20(24-4)21(25-5)11-18(15)19(22)9-17(16)13-23-3;1-6-3-9(5-10)4-7(2)8-6/h10-11,14,16-17,19H,6-9,12-13H2,1-5H3;5-8H,3-4H2,1-2H3. The van der Waals surface area contributed by atoms with Gasteiger partial charge in [-0.1, -0.05) is 13.8 Å². The number of carbonyl (C=O) groups is 1. The van der Waals surface area contributed by atoms with Crippen LogP contribution in [-0.2, 0) is 16.0 Å². The maximum atomic E-state index is 10.3. The van der Waals surface area contributed by atoms with E-state index in [4.69, 9.17) is 14.2 Å². The normalized spacial score (nSPS) is 28.5. The molecule has 0 aromatic heterocycles.